The monoisotopic (exact) mass is 246 g/mol. The number of rotatable bonds is 2. The highest BCUT2D eigenvalue weighted by Gasteiger charge is 2.13. The minimum atomic E-state index is 0. The Kier molecular flexibility index (Phi) is 5.37. The van der Waals surface area contributed by atoms with Gasteiger partial charge in [-0.3, -0.25) is 0 Å². The normalized spacial score (nSPS) is 17.1. The second-order valence-corrected chi connectivity index (χ2v) is 4.27. The van der Waals surface area contributed by atoms with Crippen LogP contribution in [0.3, 0.4) is 0 Å². The molecule has 15 heavy (non-hydrogen) atoms. The number of aromatic nitrogens is 1. The van der Waals surface area contributed by atoms with Crippen molar-refractivity contribution in [2.24, 2.45) is 5.92 Å². The van der Waals surface area contributed by atoms with Crippen LogP contribution < -0.4 is 5.32 Å². The molecule has 0 bridgehead atoms. The van der Waals surface area contributed by atoms with Crippen LogP contribution in [0.5, 0.6) is 0 Å². The molecule has 1 fully saturated rings. The van der Waals surface area contributed by atoms with Gasteiger partial charge in [0.15, 0.2) is 0 Å². The molecule has 0 spiro atoms. The molecule has 0 amide bonds. The summed E-state index contributed by atoms with van der Waals surface area (Å²) in [5.74, 6) is 0.819. The molecule has 0 saturated carbocycles. The smallest absolute Gasteiger partial charge is 0.129 e. The third kappa shape index (κ3) is 3.98. The Labute approximate surface area is 102 Å². The Morgan fingerprint density at radius 1 is 1.33 bits per heavy atom. The highest BCUT2D eigenvalue weighted by atomic mass is 35.5. The first-order valence-corrected chi connectivity index (χ1v) is 5.53. The van der Waals surface area contributed by atoms with E-state index in [1.54, 1.807) is 0 Å². The number of halogens is 2. The predicted octanol–water partition coefficient (Wildman–Crippen LogP) is 2.70. The fourth-order valence-corrected chi connectivity index (χ4v) is 2.06. The third-order valence-corrected chi connectivity index (χ3v) is 3.00. The van der Waals surface area contributed by atoms with Crippen molar-refractivity contribution in [3.05, 3.63) is 29.0 Å². The molecule has 1 aromatic rings. The van der Waals surface area contributed by atoms with Crippen LogP contribution in [0.2, 0.25) is 5.15 Å². The predicted molar refractivity (Wildman–Crippen MR) is 65.8 cm³/mol. The van der Waals surface area contributed by atoms with E-state index in [2.05, 4.69) is 16.4 Å². The Morgan fingerprint density at radius 2 is 2.07 bits per heavy atom. The van der Waals surface area contributed by atoms with Crippen LogP contribution in [-0.4, -0.2) is 18.1 Å². The van der Waals surface area contributed by atoms with Gasteiger partial charge in [-0.25, -0.2) is 4.98 Å². The van der Waals surface area contributed by atoms with E-state index in [1.807, 2.05) is 12.3 Å². The molecule has 0 unspecified atom stereocenters. The zero-order valence-electron chi connectivity index (χ0n) is 8.58. The summed E-state index contributed by atoms with van der Waals surface area (Å²) in [5, 5.41) is 3.96. The van der Waals surface area contributed by atoms with Gasteiger partial charge in [0.05, 0.1) is 0 Å². The fourth-order valence-electron chi connectivity index (χ4n) is 1.95. The quantitative estimate of drug-likeness (QED) is 0.813. The summed E-state index contributed by atoms with van der Waals surface area (Å²) in [4.78, 5) is 4.09. The topological polar surface area (TPSA) is 24.9 Å². The van der Waals surface area contributed by atoms with Crippen LogP contribution in [0.1, 0.15) is 18.4 Å². The molecule has 2 heterocycles. The van der Waals surface area contributed by atoms with Crippen LogP contribution in [0, 0.1) is 5.92 Å². The van der Waals surface area contributed by atoms with Gasteiger partial charge in [0.1, 0.15) is 5.15 Å². The summed E-state index contributed by atoms with van der Waals surface area (Å²) in [6.45, 7) is 2.32. The Balaban J connectivity index is 0.00000112. The largest absolute Gasteiger partial charge is 0.317 e. The minimum Gasteiger partial charge on any atom is -0.317 e. The summed E-state index contributed by atoms with van der Waals surface area (Å²) in [6.07, 6.45) is 5.60. The van der Waals surface area contributed by atoms with Crippen LogP contribution in [-0.2, 0) is 6.42 Å². The molecule has 1 aliphatic heterocycles. The Bertz CT molecular complexity index is 281. The van der Waals surface area contributed by atoms with Crippen molar-refractivity contribution >= 4 is 24.0 Å². The van der Waals surface area contributed by atoms with Gasteiger partial charge < -0.3 is 5.32 Å². The first kappa shape index (κ1) is 12.8. The van der Waals surface area contributed by atoms with E-state index in [4.69, 9.17) is 11.6 Å². The summed E-state index contributed by atoms with van der Waals surface area (Å²) in [6, 6.07) is 3.95. The minimum absolute atomic E-state index is 0. The summed E-state index contributed by atoms with van der Waals surface area (Å²) >= 11 is 5.73. The van der Waals surface area contributed by atoms with E-state index >= 15 is 0 Å². The number of piperidine rings is 1. The lowest BCUT2D eigenvalue weighted by atomic mass is 9.92. The summed E-state index contributed by atoms with van der Waals surface area (Å²) < 4.78 is 0. The number of hydrogen-bond donors (Lipinski definition) is 1. The molecular weight excluding hydrogens is 231 g/mol. The molecule has 1 aliphatic rings. The van der Waals surface area contributed by atoms with E-state index < -0.39 is 0 Å². The average molecular weight is 247 g/mol. The number of pyridine rings is 1. The molecule has 2 rings (SSSR count). The Morgan fingerprint density at radius 3 is 2.67 bits per heavy atom. The van der Waals surface area contributed by atoms with E-state index in [-0.39, 0.29) is 12.4 Å². The van der Waals surface area contributed by atoms with Crippen molar-refractivity contribution in [2.75, 3.05) is 13.1 Å². The van der Waals surface area contributed by atoms with Crippen LogP contribution in [0.25, 0.3) is 0 Å². The molecule has 2 nitrogen and oxygen atoms in total. The van der Waals surface area contributed by atoms with Crippen LogP contribution in [0.15, 0.2) is 18.3 Å². The maximum atomic E-state index is 5.73. The molecule has 0 aromatic carbocycles. The highest BCUT2D eigenvalue weighted by Crippen LogP contribution is 2.18. The van der Waals surface area contributed by atoms with E-state index in [9.17, 15) is 0 Å². The maximum Gasteiger partial charge on any atom is 0.129 e. The summed E-state index contributed by atoms with van der Waals surface area (Å²) in [7, 11) is 0. The zero-order valence-corrected chi connectivity index (χ0v) is 10.2. The molecule has 1 saturated heterocycles. The van der Waals surface area contributed by atoms with Gasteiger partial charge in [0.2, 0.25) is 0 Å². The molecule has 4 heteroatoms. The number of nitrogens with zero attached hydrogens (tertiary/aromatic N) is 1. The van der Waals surface area contributed by atoms with Crippen molar-refractivity contribution in [1.29, 1.82) is 0 Å². The molecule has 1 N–H and O–H groups in total. The van der Waals surface area contributed by atoms with Gasteiger partial charge in [-0.15, -0.1) is 12.4 Å². The van der Waals surface area contributed by atoms with E-state index in [0.717, 1.165) is 25.4 Å². The lowest BCUT2D eigenvalue weighted by Gasteiger charge is -2.22. The van der Waals surface area contributed by atoms with Gasteiger partial charge in [-0.05, 0) is 49.9 Å². The van der Waals surface area contributed by atoms with Gasteiger partial charge in [-0.1, -0.05) is 17.7 Å². The molecule has 0 aliphatic carbocycles. The van der Waals surface area contributed by atoms with Crippen LogP contribution >= 0.6 is 24.0 Å². The van der Waals surface area contributed by atoms with Crippen molar-refractivity contribution in [3.8, 4) is 0 Å². The Hall–Kier alpha value is -0.310. The van der Waals surface area contributed by atoms with Crippen molar-refractivity contribution in [1.82, 2.24) is 10.3 Å². The van der Waals surface area contributed by atoms with E-state index in [0.29, 0.717) is 5.15 Å². The zero-order chi connectivity index (χ0) is 9.80. The van der Waals surface area contributed by atoms with Crippen molar-refractivity contribution in [2.45, 2.75) is 19.3 Å². The number of nitrogens with one attached hydrogen (secondary N) is 1. The van der Waals surface area contributed by atoms with Crippen LogP contribution in [0.4, 0.5) is 0 Å². The number of hydrogen-bond acceptors (Lipinski definition) is 2. The second kappa shape index (κ2) is 6.31. The average Bonchev–Trinajstić information content (AvgIpc) is 2.23. The first-order chi connectivity index (χ1) is 6.84. The molecular formula is C11H16Cl2N2. The van der Waals surface area contributed by atoms with Gasteiger partial charge in [0, 0.05) is 6.20 Å². The summed E-state index contributed by atoms with van der Waals surface area (Å²) in [5.41, 5.74) is 1.31. The molecule has 0 atom stereocenters. The lowest BCUT2D eigenvalue weighted by molar-refractivity contribution is 0.372. The van der Waals surface area contributed by atoms with Gasteiger partial charge in [-0.2, -0.15) is 0 Å². The first-order valence-electron chi connectivity index (χ1n) is 5.16. The SMILES string of the molecule is Cl.Clc1ccc(CC2CCNCC2)cn1. The lowest BCUT2D eigenvalue weighted by Crippen LogP contribution is -2.28. The van der Waals surface area contributed by atoms with E-state index in [1.165, 1.54) is 18.4 Å². The fraction of sp³-hybridized carbons (Fsp3) is 0.545. The van der Waals surface area contributed by atoms with Gasteiger partial charge in [0.25, 0.3) is 0 Å². The molecule has 1 aromatic heterocycles. The van der Waals surface area contributed by atoms with Gasteiger partial charge >= 0.3 is 0 Å². The highest BCUT2D eigenvalue weighted by molar-refractivity contribution is 6.29. The molecule has 0 radical (unpaired) electrons. The third-order valence-electron chi connectivity index (χ3n) is 2.77. The van der Waals surface area contributed by atoms with Crippen molar-refractivity contribution in [3.63, 3.8) is 0 Å². The van der Waals surface area contributed by atoms with Crippen molar-refractivity contribution < 1.29 is 0 Å². The second-order valence-electron chi connectivity index (χ2n) is 3.89. The molecule has 84 valence electrons. The standard InChI is InChI=1S/C11H15ClN2.ClH/c12-11-2-1-10(8-14-11)7-9-3-5-13-6-4-9;/h1-2,8-9,13H,3-7H2;1H. The maximum absolute atomic E-state index is 5.73.